The molecular formula is C20H22Br2N2O3P+. The fourth-order valence-corrected chi connectivity index (χ4v) is 6.69. The van der Waals surface area contributed by atoms with E-state index in [0.717, 1.165) is 20.3 Å². The second-order valence-electron chi connectivity index (χ2n) is 6.32. The lowest BCUT2D eigenvalue weighted by molar-refractivity contribution is -0.142. The Kier molecular flexibility index (Phi) is 6.81. The van der Waals surface area contributed by atoms with Crippen molar-refractivity contribution in [3.05, 3.63) is 69.4 Å². The average Bonchev–Trinajstić information content (AvgIpc) is 3.02. The Morgan fingerprint density at radius 2 is 1.46 bits per heavy atom. The van der Waals surface area contributed by atoms with Crippen molar-refractivity contribution in [1.82, 2.24) is 0 Å². The minimum absolute atomic E-state index is 0.0157. The monoisotopic (exact) mass is 527 g/mol. The zero-order valence-corrected chi connectivity index (χ0v) is 19.6. The van der Waals surface area contributed by atoms with Gasteiger partial charge in [-0.2, -0.15) is 14.2 Å². The number of anilines is 2. The number of carbonyl (C=O) groups is 1. The number of nitrogens with zero attached hydrogens (tertiary/aromatic N) is 2. The molecule has 0 aromatic heterocycles. The molecule has 1 N–H and O–H groups in total. The van der Waals surface area contributed by atoms with E-state index in [0.29, 0.717) is 25.0 Å². The van der Waals surface area contributed by atoms with E-state index in [2.05, 4.69) is 38.4 Å². The first-order valence-electron chi connectivity index (χ1n) is 8.89. The number of hydrogen-bond donors (Lipinski definition) is 1. The van der Waals surface area contributed by atoms with Crippen LogP contribution in [0.3, 0.4) is 0 Å². The maximum Gasteiger partial charge on any atom is 0.362 e. The van der Waals surface area contributed by atoms with Gasteiger partial charge < -0.3 is 4.74 Å². The van der Waals surface area contributed by atoms with Crippen molar-refractivity contribution < 1.29 is 14.4 Å². The molecule has 0 atom stereocenters. The first-order chi connectivity index (χ1) is 13.4. The first kappa shape index (κ1) is 21.3. The summed E-state index contributed by atoms with van der Waals surface area (Å²) in [7, 11) is -3.04. The van der Waals surface area contributed by atoms with Crippen LogP contribution in [0.1, 0.15) is 13.3 Å². The minimum Gasteiger partial charge on any atom is -0.466 e. The Morgan fingerprint density at radius 1 is 1.04 bits per heavy atom. The number of benzene rings is 2. The van der Waals surface area contributed by atoms with E-state index in [4.69, 9.17) is 4.74 Å². The van der Waals surface area contributed by atoms with Crippen molar-refractivity contribution in [2.24, 2.45) is 0 Å². The third-order valence-corrected chi connectivity index (χ3v) is 8.80. The van der Waals surface area contributed by atoms with Crippen molar-refractivity contribution in [2.75, 3.05) is 29.0 Å². The summed E-state index contributed by atoms with van der Waals surface area (Å²) in [6.07, 6.45) is -0.0157. The van der Waals surface area contributed by atoms with Gasteiger partial charge in [0.15, 0.2) is 0 Å². The maximum atomic E-state index is 12.1. The lowest BCUT2D eigenvalue weighted by Gasteiger charge is -2.32. The van der Waals surface area contributed by atoms with E-state index >= 15 is 0 Å². The SMILES string of the molecule is C=C(CC(=O)OCC)[P+]1(O)N(c2ccc(Br)cc2)CCN1c1ccc(Br)cc1. The number of esters is 1. The summed E-state index contributed by atoms with van der Waals surface area (Å²) >= 11 is 6.90. The smallest absolute Gasteiger partial charge is 0.362 e. The number of hydrogen-bond acceptors (Lipinski definition) is 5. The van der Waals surface area contributed by atoms with Crippen molar-refractivity contribution in [1.29, 1.82) is 0 Å². The summed E-state index contributed by atoms with van der Waals surface area (Å²) in [5.41, 5.74) is 1.78. The molecule has 1 heterocycles. The summed E-state index contributed by atoms with van der Waals surface area (Å²) in [5, 5.41) is 0.481. The van der Waals surface area contributed by atoms with Gasteiger partial charge in [-0.25, -0.2) is 0 Å². The molecule has 1 saturated heterocycles. The molecule has 3 rings (SSSR count). The third-order valence-electron chi connectivity index (χ3n) is 4.52. The zero-order valence-electron chi connectivity index (χ0n) is 15.5. The predicted molar refractivity (Wildman–Crippen MR) is 123 cm³/mol. The van der Waals surface area contributed by atoms with Crippen LogP contribution in [-0.2, 0) is 9.53 Å². The van der Waals surface area contributed by atoms with E-state index in [1.54, 1.807) is 6.92 Å². The van der Waals surface area contributed by atoms with E-state index in [1.807, 2.05) is 57.9 Å². The molecule has 0 spiro atoms. The first-order valence-corrected chi connectivity index (χ1v) is 12.1. The number of rotatable bonds is 6. The molecule has 1 fully saturated rings. The van der Waals surface area contributed by atoms with Gasteiger partial charge in [-0.05, 0) is 55.5 Å². The molecule has 1 aliphatic rings. The van der Waals surface area contributed by atoms with Crippen molar-refractivity contribution >= 4 is 57.0 Å². The summed E-state index contributed by atoms with van der Waals surface area (Å²) in [5.74, 6) is -0.376. The molecule has 0 saturated carbocycles. The summed E-state index contributed by atoms with van der Waals surface area (Å²) in [6, 6.07) is 15.6. The van der Waals surface area contributed by atoms with Crippen LogP contribution in [0.5, 0.6) is 0 Å². The van der Waals surface area contributed by atoms with Crippen LogP contribution < -0.4 is 9.34 Å². The zero-order chi connectivity index (χ0) is 20.3. The van der Waals surface area contributed by atoms with Gasteiger partial charge in [0.25, 0.3) is 0 Å². The topological polar surface area (TPSA) is 53.0 Å². The Hall–Kier alpha value is -1.40. The van der Waals surface area contributed by atoms with Gasteiger partial charge in [0, 0.05) is 8.95 Å². The Labute approximate surface area is 182 Å². The lowest BCUT2D eigenvalue weighted by atomic mass is 10.3. The largest absolute Gasteiger partial charge is 0.466 e. The van der Waals surface area contributed by atoms with Crippen LogP contribution >= 0.6 is 39.7 Å². The van der Waals surface area contributed by atoms with E-state index in [-0.39, 0.29) is 12.4 Å². The molecular weight excluding hydrogens is 507 g/mol. The quantitative estimate of drug-likeness (QED) is 0.381. The average molecular weight is 529 g/mol. The van der Waals surface area contributed by atoms with E-state index in [9.17, 15) is 9.69 Å². The second kappa shape index (κ2) is 8.95. The van der Waals surface area contributed by atoms with Gasteiger partial charge in [-0.3, -0.25) is 4.79 Å². The van der Waals surface area contributed by atoms with Crippen molar-refractivity contribution in [2.45, 2.75) is 13.3 Å². The fourth-order valence-electron chi connectivity index (χ4n) is 3.23. The highest BCUT2D eigenvalue weighted by molar-refractivity contribution is 9.10. The van der Waals surface area contributed by atoms with Crippen molar-refractivity contribution in [3.63, 3.8) is 0 Å². The molecule has 0 amide bonds. The predicted octanol–water partition coefficient (Wildman–Crippen LogP) is 5.76. The van der Waals surface area contributed by atoms with Crippen LogP contribution in [0.4, 0.5) is 11.4 Å². The molecule has 0 aliphatic carbocycles. The number of halogens is 2. The Balaban J connectivity index is 2.00. The molecule has 1 aliphatic heterocycles. The normalized spacial score (nSPS) is 15.6. The molecule has 2 aromatic rings. The molecule has 0 radical (unpaired) electrons. The number of ether oxygens (including phenoxy) is 1. The van der Waals surface area contributed by atoms with Crippen molar-refractivity contribution in [3.8, 4) is 0 Å². The van der Waals surface area contributed by atoms with Gasteiger partial charge in [0.2, 0.25) is 0 Å². The molecule has 8 heteroatoms. The molecule has 2 aromatic carbocycles. The van der Waals surface area contributed by atoms with Gasteiger partial charge in [0.05, 0.1) is 31.1 Å². The third kappa shape index (κ3) is 4.28. The Morgan fingerprint density at radius 3 is 1.86 bits per heavy atom. The van der Waals surface area contributed by atoms with Gasteiger partial charge >= 0.3 is 13.8 Å². The molecule has 148 valence electrons. The molecule has 0 bridgehead atoms. The summed E-state index contributed by atoms with van der Waals surface area (Å²) in [6.45, 7) is 7.44. The van der Waals surface area contributed by atoms with Gasteiger partial charge in [-0.1, -0.05) is 38.4 Å². The van der Waals surface area contributed by atoms with Gasteiger partial charge in [0.1, 0.15) is 11.7 Å². The second-order valence-corrected chi connectivity index (χ2v) is 10.9. The highest BCUT2D eigenvalue weighted by Crippen LogP contribution is 2.72. The van der Waals surface area contributed by atoms with Crippen LogP contribution in [0.15, 0.2) is 69.4 Å². The van der Waals surface area contributed by atoms with Crippen LogP contribution in [0.25, 0.3) is 0 Å². The minimum atomic E-state index is -3.04. The van der Waals surface area contributed by atoms with E-state index < -0.39 is 7.79 Å². The standard InChI is InChI=1S/C20H22Br2N2O3P/c1-3-27-20(25)14-15(2)28(26)23(18-8-4-16(21)5-9-18)12-13-24(28)19-10-6-17(22)7-11-19/h4-11,26H,2-3,12-14H2,1H3/q+1. The van der Waals surface area contributed by atoms with Crippen LogP contribution in [0, 0.1) is 0 Å². The summed E-state index contributed by atoms with van der Waals surface area (Å²) < 4.78 is 11.0. The highest BCUT2D eigenvalue weighted by atomic mass is 79.9. The van der Waals surface area contributed by atoms with Crippen LogP contribution in [-0.4, -0.2) is 30.6 Å². The fraction of sp³-hybridized carbons (Fsp3) is 0.250. The maximum absolute atomic E-state index is 12.1. The number of carbonyl (C=O) groups excluding carboxylic acids is 1. The van der Waals surface area contributed by atoms with E-state index in [1.165, 1.54) is 0 Å². The molecule has 5 nitrogen and oxygen atoms in total. The summed E-state index contributed by atoms with van der Waals surface area (Å²) in [4.78, 5) is 24.1. The molecule has 0 unspecified atom stereocenters. The van der Waals surface area contributed by atoms with Crippen LogP contribution in [0.2, 0.25) is 0 Å². The lowest BCUT2D eigenvalue weighted by Crippen LogP contribution is -2.26. The Bertz CT molecular complexity index is 805. The highest BCUT2D eigenvalue weighted by Gasteiger charge is 2.58. The molecule has 28 heavy (non-hydrogen) atoms. The van der Waals surface area contributed by atoms with Gasteiger partial charge in [-0.15, -0.1) is 0 Å².